The molecule has 2 fully saturated rings. The number of halogens is 2. The number of nitrogens with zero attached hydrogens (tertiary/aromatic N) is 1. The van der Waals surface area contributed by atoms with Gasteiger partial charge in [0.05, 0.1) is 28.2 Å². The van der Waals surface area contributed by atoms with E-state index in [4.69, 9.17) is 9.47 Å². The molecule has 194 valence electrons. The molecule has 0 bridgehead atoms. The molecule has 4 rings (SSSR count). The lowest BCUT2D eigenvalue weighted by Gasteiger charge is -2.50. The van der Waals surface area contributed by atoms with Crippen LogP contribution in [0, 0.1) is 23.1 Å². The summed E-state index contributed by atoms with van der Waals surface area (Å²) in [4.78, 5) is 0. The van der Waals surface area contributed by atoms with Gasteiger partial charge in [0.15, 0.2) is 18.4 Å². The molecule has 0 radical (unpaired) electrons. The number of methoxy groups -OCH3 is 1. The molecular weight excluding hydrogens is 468 g/mol. The third kappa shape index (κ3) is 5.90. The molecule has 0 saturated heterocycles. The van der Waals surface area contributed by atoms with Crippen molar-refractivity contribution in [1.29, 1.82) is 0 Å². The Morgan fingerprint density at radius 3 is 2.44 bits per heavy atom. The summed E-state index contributed by atoms with van der Waals surface area (Å²) in [5.41, 5.74) is 0.824. The minimum Gasteiger partial charge on any atom is -0.726 e. The maximum Gasteiger partial charge on any atom is 0.218 e. The number of hydrogen-bond donors (Lipinski definition) is 0. The second-order valence-electron chi connectivity index (χ2n) is 11.3. The zero-order chi connectivity index (χ0) is 25.5. The Kier molecular flexibility index (Phi) is 7.99. The van der Waals surface area contributed by atoms with E-state index < -0.39 is 28.1 Å². The minimum absolute atomic E-state index is 0.0376. The van der Waals surface area contributed by atoms with Crippen molar-refractivity contribution >= 4 is 10.4 Å². The highest BCUT2D eigenvalue weighted by Gasteiger charge is 2.60. The van der Waals surface area contributed by atoms with Crippen LogP contribution in [0.1, 0.15) is 49.7 Å². The number of rotatable bonds is 5. The summed E-state index contributed by atoms with van der Waals surface area (Å²) in [6.07, 6.45) is -0.247. The first-order chi connectivity index (χ1) is 15.7. The lowest BCUT2D eigenvalue weighted by Crippen LogP contribution is -2.46. The predicted molar refractivity (Wildman–Crippen MR) is 122 cm³/mol. The first-order valence-electron chi connectivity index (χ1n) is 11.7. The molecule has 0 heterocycles. The molecule has 0 aliphatic heterocycles. The van der Waals surface area contributed by atoms with Gasteiger partial charge >= 0.3 is 0 Å². The molecule has 34 heavy (non-hydrogen) atoms. The number of hydrogen-bond acceptors (Lipinski definition) is 6. The second kappa shape index (κ2) is 9.97. The molecule has 0 aromatic heterocycles. The molecule has 3 aliphatic carbocycles. The topological polar surface area (TPSA) is 84.9 Å². The van der Waals surface area contributed by atoms with Crippen LogP contribution in [-0.2, 0) is 25.7 Å². The van der Waals surface area contributed by atoms with Crippen molar-refractivity contribution < 1.29 is 39.9 Å². The van der Waals surface area contributed by atoms with E-state index in [0.717, 1.165) is 10.0 Å². The molecule has 0 unspecified atom stereocenters. The van der Waals surface area contributed by atoms with Gasteiger partial charge in [-0.25, -0.2) is 17.2 Å². The van der Waals surface area contributed by atoms with E-state index >= 15 is 0 Å². The van der Waals surface area contributed by atoms with Crippen molar-refractivity contribution in [3.63, 3.8) is 0 Å². The van der Waals surface area contributed by atoms with E-state index in [1.165, 1.54) is 7.11 Å². The molecule has 6 atom stereocenters. The zero-order valence-corrected chi connectivity index (χ0v) is 21.7. The highest BCUT2D eigenvalue weighted by atomic mass is 32.3. The van der Waals surface area contributed by atoms with Crippen LogP contribution in [0.25, 0.3) is 0 Å². The molecule has 2 saturated carbocycles. The summed E-state index contributed by atoms with van der Waals surface area (Å²) in [6, 6.07) is 3.48. The molecule has 1 aromatic carbocycles. The Balaban J connectivity index is 0.000000588. The van der Waals surface area contributed by atoms with Crippen molar-refractivity contribution in [3.8, 4) is 5.75 Å². The first-order valence-corrected chi connectivity index (χ1v) is 13.0. The molecule has 0 spiro atoms. The molecule has 0 N–H and O–H groups in total. The van der Waals surface area contributed by atoms with Crippen molar-refractivity contribution in [1.82, 2.24) is 0 Å². The van der Waals surface area contributed by atoms with Crippen molar-refractivity contribution in [2.24, 2.45) is 17.3 Å². The summed E-state index contributed by atoms with van der Waals surface area (Å²) in [5.74, 6) is -0.183. The monoisotopic (exact) mass is 505 g/mol. The summed E-state index contributed by atoms with van der Waals surface area (Å²) in [7, 11) is 4.98. The summed E-state index contributed by atoms with van der Waals surface area (Å²) >= 11 is 0. The Bertz CT molecular complexity index is 976. The van der Waals surface area contributed by atoms with Crippen molar-refractivity contribution in [3.05, 3.63) is 29.1 Å². The third-order valence-electron chi connectivity index (χ3n) is 7.26. The van der Waals surface area contributed by atoms with Crippen LogP contribution < -0.4 is 4.74 Å². The van der Waals surface area contributed by atoms with E-state index in [-0.39, 0.29) is 42.5 Å². The Morgan fingerprint density at radius 2 is 1.85 bits per heavy atom. The number of alkyl halides is 1. The van der Waals surface area contributed by atoms with E-state index in [1.807, 2.05) is 13.0 Å². The van der Waals surface area contributed by atoms with E-state index in [0.29, 0.717) is 31.2 Å². The van der Waals surface area contributed by atoms with Crippen LogP contribution >= 0.6 is 0 Å². The van der Waals surface area contributed by atoms with Crippen molar-refractivity contribution in [2.45, 2.75) is 57.2 Å². The van der Waals surface area contributed by atoms with Gasteiger partial charge in [-0.05, 0) is 67.1 Å². The van der Waals surface area contributed by atoms with Gasteiger partial charge in [0.1, 0.15) is 12.3 Å². The molecule has 7 nitrogen and oxygen atoms in total. The van der Waals surface area contributed by atoms with Gasteiger partial charge in [-0.1, -0.05) is 13.0 Å². The van der Waals surface area contributed by atoms with Crippen molar-refractivity contribution in [2.75, 3.05) is 42.1 Å². The van der Waals surface area contributed by atoms with Gasteiger partial charge in [0, 0.05) is 12.5 Å². The maximum absolute atomic E-state index is 14.9. The molecule has 3 aliphatic rings. The van der Waals surface area contributed by atoms with Crippen LogP contribution in [0.4, 0.5) is 8.78 Å². The summed E-state index contributed by atoms with van der Waals surface area (Å²) in [5, 5.41) is 0. The largest absolute Gasteiger partial charge is 0.726 e. The number of quaternary nitrogens is 1. The average molecular weight is 506 g/mol. The van der Waals surface area contributed by atoms with Crippen LogP contribution in [0.2, 0.25) is 0 Å². The standard InChI is InChI=1S/C20H26F2O6S.C4H12N/c1-20-8-7-12-11-5-6-17(27-10-26-2)18(22)14(11)4-3-13(12)15(20)9-16(21)19(20)28-29(23,24)25;1-5(2,3)4/h5-6,12-13,15-16,19H,3-4,7-10H2,1-2H3,(H,23,24,25);1-4H3/q;+1/p-1/t12-,13-,15+,16-,19+,20+;/m1./s1. The smallest absolute Gasteiger partial charge is 0.218 e. The van der Waals surface area contributed by atoms with Gasteiger partial charge in [0.25, 0.3) is 0 Å². The van der Waals surface area contributed by atoms with E-state index in [9.17, 15) is 21.8 Å². The average Bonchev–Trinajstić information content (AvgIpc) is 2.95. The highest BCUT2D eigenvalue weighted by molar-refractivity contribution is 7.80. The van der Waals surface area contributed by atoms with Crippen LogP contribution in [0.15, 0.2) is 12.1 Å². The van der Waals surface area contributed by atoms with Crippen LogP contribution in [0.5, 0.6) is 5.75 Å². The third-order valence-corrected chi connectivity index (χ3v) is 7.70. The van der Waals surface area contributed by atoms with E-state index in [1.54, 1.807) is 6.07 Å². The van der Waals surface area contributed by atoms with Gasteiger partial charge in [0.2, 0.25) is 10.4 Å². The zero-order valence-electron chi connectivity index (χ0n) is 20.8. The normalized spacial score (nSPS) is 32.7. The second-order valence-corrected chi connectivity index (χ2v) is 12.3. The fourth-order valence-corrected chi connectivity index (χ4v) is 6.65. The Labute approximate surface area is 201 Å². The van der Waals surface area contributed by atoms with Gasteiger partial charge in [-0.3, -0.25) is 4.18 Å². The minimum atomic E-state index is -4.99. The summed E-state index contributed by atoms with van der Waals surface area (Å²) in [6.45, 7) is 1.78. The fraction of sp³-hybridized carbons (Fsp3) is 0.750. The number of ether oxygens (including phenoxy) is 2. The quantitative estimate of drug-likeness (QED) is 0.262. The van der Waals surface area contributed by atoms with Gasteiger partial charge < -0.3 is 18.5 Å². The molecule has 0 amide bonds. The number of benzene rings is 1. The maximum atomic E-state index is 14.9. The summed E-state index contributed by atoms with van der Waals surface area (Å²) < 4.78 is 78.9. The highest BCUT2D eigenvalue weighted by Crippen LogP contribution is 2.62. The first kappa shape index (κ1) is 27.3. The fourth-order valence-electron chi connectivity index (χ4n) is 6.06. The Hall–Kier alpha value is -1.33. The SMILES string of the molecule is COCOc1ccc2c(c1F)CC[C@@H]1[C@@H]2CC[C@@]2(C)[C@H]1C[C@@H](F)[C@@H]2OS(=O)(=O)[O-].C[N+](C)(C)C. The van der Waals surface area contributed by atoms with Gasteiger partial charge in [-0.2, -0.15) is 0 Å². The molecule has 1 aromatic rings. The lowest BCUT2D eigenvalue weighted by atomic mass is 9.55. The van der Waals surface area contributed by atoms with Crippen LogP contribution in [-0.4, -0.2) is 71.8 Å². The lowest BCUT2D eigenvalue weighted by molar-refractivity contribution is -0.849. The molecular formula is C24H37F2NO6S. The predicted octanol–water partition coefficient (Wildman–Crippen LogP) is 3.78. The Morgan fingerprint density at radius 1 is 1.21 bits per heavy atom. The van der Waals surface area contributed by atoms with Gasteiger partial charge in [-0.15, -0.1) is 0 Å². The van der Waals surface area contributed by atoms with E-state index in [2.05, 4.69) is 32.4 Å². The number of fused-ring (bicyclic) bond motifs is 5. The van der Waals surface area contributed by atoms with Crippen LogP contribution in [0.3, 0.4) is 0 Å². The molecule has 10 heteroatoms.